The van der Waals surface area contributed by atoms with Gasteiger partial charge in [0.05, 0.1) is 39.6 Å². The van der Waals surface area contributed by atoms with Crippen LogP contribution in [0.25, 0.3) is 0 Å². The Labute approximate surface area is 345 Å². The first kappa shape index (κ1) is 51.1. The van der Waals surface area contributed by atoms with Crippen LogP contribution in [0.3, 0.4) is 0 Å². The molecule has 6 nitrogen and oxygen atoms in total. The van der Waals surface area contributed by atoms with Crippen LogP contribution in [0.4, 0.5) is 0 Å². The fourth-order valence-corrected chi connectivity index (χ4v) is 31.9. The molecule has 0 bridgehead atoms. The van der Waals surface area contributed by atoms with Gasteiger partial charge in [-0.1, -0.05) is 93.5 Å². The van der Waals surface area contributed by atoms with Gasteiger partial charge in [0.15, 0.2) is 25.0 Å². The molecule has 0 unspecified atom stereocenters. The van der Waals surface area contributed by atoms with Gasteiger partial charge in [-0.3, -0.25) is 0 Å². The van der Waals surface area contributed by atoms with E-state index in [0.29, 0.717) is 44.4 Å². The fourth-order valence-electron chi connectivity index (χ4n) is 8.00. The van der Waals surface area contributed by atoms with Crippen molar-refractivity contribution in [1.82, 2.24) is 0 Å². The molecule has 0 aliphatic carbocycles. The van der Waals surface area contributed by atoms with E-state index in [2.05, 4.69) is 124 Å². The molecule has 0 spiro atoms. The molecule has 0 atom stereocenters. The minimum absolute atomic E-state index is 0. The van der Waals surface area contributed by atoms with Crippen LogP contribution in [-0.2, 0) is 27.5 Å². The molecule has 0 amide bonds. The minimum atomic E-state index is -2.05. The van der Waals surface area contributed by atoms with E-state index < -0.39 is 25.0 Å². The summed E-state index contributed by atoms with van der Waals surface area (Å²) in [5, 5.41) is 0. The van der Waals surface area contributed by atoms with Crippen LogP contribution in [0.2, 0.25) is 44.1 Å². The third-order valence-electron chi connectivity index (χ3n) is 9.95. The molecule has 0 aliphatic rings. The molecule has 11 heteroatoms. The molecule has 3 rings (SSSR count). The van der Waals surface area contributed by atoms with Gasteiger partial charge in [-0.25, -0.2) is 10.9 Å². The molecule has 0 heterocycles. The number of benzene rings is 3. The number of methoxy groups -OCH3 is 3. The van der Waals surface area contributed by atoms with Crippen LogP contribution in [0.5, 0.6) is 0 Å². The van der Waals surface area contributed by atoms with Crippen LogP contribution in [0.1, 0.15) is 38.9 Å². The maximum Gasteiger partial charge on any atom is 1.00 e. The summed E-state index contributed by atoms with van der Waals surface area (Å²) < 4.78 is 34.6. The molecule has 0 saturated heterocycles. The zero-order chi connectivity index (χ0) is 38.8. The Balaban J connectivity index is 0.000000842. The number of rotatable bonds is 17. The first-order valence-electron chi connectivity index (χ1n) is 18.7. The van der Waals surface area contributed by atoms with Crippen molar-refractivity contribution >= 4 is 43.2 Å². The Morgan fingerprint density at radius 3 is 0.981 bits per heavy atom. The summed E-state index contributed by atoms with van der Waals surface area (Å²) in [6.07, 6.45) is 0. The third kappa shape index (κ3) is 18.2. The van der Waals surface area contributed by atoms with Crippen molar-refractivity contribution in [3.8, 4) is 0 Å². The van der Waals surface area contributed by atoms with Crippen LogP contribution >= 0.6 is 0 Å². The standard InChI is InChI=1S/C18H24B.C16H40O6Si3.C7H8.Na/c1-11-7-13(3)17(14(4)8-11)19-18-15(5)9-12(2)10-16(18)6;1-17-10-13-20-23(4,5)16(24(6,7)21-14-11-18-2)25(8,9)22-15-12-19-3;1-7-5-3-2-4-6-7;/h7-10H,19H2,1-6H3;16H,10-15H2,1-9H3;2-6H,1H3;/q-1;;;+1. The largest absolute Gasteiger partial charge is 1.00 e. The summed E-state index contributed by atoms with van der Waals surface area (Å²) in [5.74, 6) is 0. The van der Waals surface area contributed by atoms with Crippen LogP contribution in [0, 0.1) is 48.5 Å². The Hall–Kier alpha value is -0.864. The summed E-state index contributed by atoms with van der Waals surface area (Å²) >= 11 is 0. The number of hydrogen-bond acceptors (Lipinski definition) is 6. The molecule has 0 N–H and O–H groups in total. The predicted octanol–water partition coefficient (Wildman–Crippen LogP) is 4.70. The van der Waals surface area contributed by atoms with Gasteiger partial charge in [0.2, 0.25) is 0 Å². The Morgan fingerprint density at radius 2 is 0.750 bits per heavy atom. The van der Waals surface area contributed by atoms with E-state index in [4.69, 9.17) is 27.5 Å². The van der Waals surface area contributed by atoms with Gasteiger partial charge < -0.3 is 27.5 Å². The van der Waals surface area contributed by atoms with Crippen molar-refractivity contribution in [2.45, 2.75) is 92.5 Å². The SMILES string of the molecule is COCCO[Si](C)(C)C([Si](C)(C)OCCOC)[Si](C)(C)OCCOC.Cc1cc(C)c([BH2-]c2c(C)cc(C)cc2C)c(C)c1.Cc1ccccc1.[Na+]. The first-order chi connectivity index (χ1) is 23.8. The van der Waals surface area contributed by atoms with Gasteiger partial charge in [-0.05, 0) is 87.7 Å². The van der Waals surface area contributed by atoms with E-state index in [0.717, 1.165) is 0 Å². The van der Waals surface area contributed by atoms with Crippen molar-refractivity contribution in [2.24, 2.45) is 0 Å². The molecule has 0 radical (unpaired) electrons. The maximum absolute atomic E-state index is 6.38. The second-order valence-electron chi connectivity index (χ2n) is 15.7. The first-order valence-corrected chi connectivity index (χ1v) is 27.6. The molecule has 0 saturated carbocycles. The van der Waals surface area contributed by atoms with Crippen molar-refractivity contribution in [2.75, 3.05) is 61.0 Å². The topological polar surface area (TPSA) is 55.4 Å². The predicted molar refractivity (Wildman–Crippen MR) is 230 cm³/mol. The maximum atomic E-state index is 6.38. The van der Waals surface area contributed by atoms with Gasteiger partial charge in [0.1, 0.15) is 0 Å². The zero-order valence-corrected chi connectivity index (χ0v) is 41.5. The third-order valence-corrected chi connectivity index (χ3v) is 29.5. The molecular formula is C41H72BNaO6Si3. The average Bonchev–Trinajstić information content (AvgIpc) is 3.00. The van der Waals surface area contributed by atoms with Crippen LogP contribution < -0.4 is 40.5 Å². The van der Waals surface area contributed by atoms with E-state index in [9.17, 15) is 0 Å². The molecule has 52 heavy (non-hydrogen) atoms. The molecule has 3 aromatic rings. The van der Waals surface area contributed by atoms with Crippen molar-refractivity contribution in [1.29, 1.82) is 0 Å². The Morgan fingerprint density at radius 1 is 0.462 bits per heavy atom. The number of aryl methyl sites for hydroxylation is 7. The number of hydrogen-bond donors (Lipinski definition) is 0. The Bertz CT molecular complexity index is 1290. The average molecular weight is 779 g/mol. The number of ether oxygens (including phenoxy) is 3. The minimum Gasteiger partial charge on any atom is -0.415 e. The van der Waals surface area contributed by atoms with Gasteiger partial charge in [-0.15, -0.1) is 0 Å². The second-order valence-corrected chi connectivity index (χ2v) is 29.7. The van der Waals surface area contributed by atoms with Crippen molar-refractivity contribution < 1.29 is 57.0 Å². The fraction of sp³-hybridized carbons (Fsp3) is 0.561. The van der Waals surface area contributed by atoms with Gasteiger partial charge in [0, 0.05) is 33.4 Å². The van der Waals surface area contributed by atoms with Crippen LogP contribution in [0.15, 0.2) is 54.6 Å². The normalized spacial score (nSPS) is 11.7. The monoisotopic (exact) mass is 778 g/mol. The zero-order valence-electron chi connectivity index (χ0n) is 36.5. The van der Waals surface area contributed by atoms with E-state index in [1.807, 2.05) is 18.2 Å². The molecule has 0 aliphatic heterocycles. The van der Waals surface area contributed by atoms with Gasteiger partial charge >= 0.3 is 29.6 Å². The Kier molecular flexibility index (Phi) is 24.9. The van der Waals surface area contributed by atoms with E-state index in [1.54, 1.807) is 32.3 Å². The van der Waals surface area contributed by atoms with Crippen LogP contribution in [-0.4, -0.2) is 93.2 Å². The summed E-state index contributed by atoms with van der Waals surface area (Å²) in [6, 6.07) is 19.6. The van der Waals surface area contributed by atoms with Gasteiger partial charge in [-0.2, -0.15) is 0 Å². The smallest absolute Gasteiger partial charge is 0.415 e. The van der Waals surface area contributed by atoms with Gasteiger partial charge in [0.25, 0.3) is 0 Å². The quantitative estimate of drug-likeness (QED) is 0.147. The summed E-state index contributed by atoms with van der Waals surface area (Å²) in [4.78, 5) is 0.373. The molecule has 0 aromatic heterocycles. The summed E-state index contributed by atoms with van der Waals surface area (Å²) in [5.41, 5.74) is 13.2. The van der Waals surface area contributed by atoms with E-state index >= 15 is 0 Å². The molecular weight excluding hydrogens is 707 g/mol. The van der Waals surface area contributed by atoms with E-state index in [1.165, 1.54) is 38.9 Å². The molecule has 0 fully saturated rings. The molecule has 288 valence electrons. The van der Waals surface area contributed by atoms with Crippen molar-refractivity contribution in [3.05, 3.63) is 93.5 Å². The second kappa shape index (κ2) is 25.3. The summed E-state index contributed by atoms with van der Waals surface area (Å²) in [7, 11) is -1.28. The molecule has 3 aromatic carbocycles. The summed E-state index contributed by atoms with van der Waals surface area (Å²) in [6.45, 7) is 32.9. The van der Waals surface area contributed by atoms with E-state index in [-0.39, 0.29) is 36.8 Å². The van der Waals surface area contributed by atoms with Crippen molar-refractivity contribution in [3.63, 3.8) is 0 Å².